The zero-order chi connectivity index (χ0) is 19.6. The lowest BCUT2D eigenvalue weighted by molar-refractivity contribution is 0.180. The monoisotopic (exact) mass is 503 g/mol. The standard InChI is InChI=1S/C20H26FN3O3.HI/c1-4-22-20(23-12-14-5-7-16(21)8-6-14)24-13-19(25)15-9-17(26-2)11-18(10-15)27-3;/h5-11,19,25H,4,12-13H2,1-3H3,(H2,22,23,24);1H. The second-order valence-corrected chi connectivity index (χ2v) is 5.86. The molecule has 2 aromatic carbocycles. The summed E-state index contributed by atoms with van der Waals surface area (Å²) in [6.45, 7) is 3.29. The highest BCUT2D eigenvalue weighted by Gasteiger charge is 2.12. The van der Waals surface area contributed by atoms with Gasteiger partial charge < -0.3 is 25.2 Å². The predicted octanol–water partition coefficient (Wildman–Crippen LogP) is 3.25. The van der Waals surface area contributed by atoms with Gasteiger partial charge in [0.1, 0.15) is 17.3 Å². The van der Waals surface area contributed by atoms with E-state index in [1.165, 1.54) is 12.1 Å². The summed E-state index contributed by atoms with van der Waals surface area (Å²) in [5, 5.41) is 16.7. The van der Waals surface area contributed by atoms with E-state index in [1.807, 2.05) is 6.92 Å². The highest BCUT2D eigenvalue weighted by atomic mass is 127. The Bertz CT molecular complexity index is 735. The number of benzene rings is 2. The third kappa shape index (κ3) is 7.51. The van der Waals surface area contributed by atoms with Crippen molar-refractivity contribution in [3.63, 3.8) is 0 Å². The van der Waals surface area contributed by atoms with Gasteiger partial charge in [-0.15, -0.1) is 24.0 Å². The molecule has 0 saturated carbocycles. The second-order valence-electron chi connectivity index (χ2n) is 5.86. The van der Waals surface area contributed by atoms with Crippen molar-refractivity contribution < 1.29 is 19.0 Å². The fraction of sp³-hybridized carbons (Fsp3) is 0.350. The number of hydrogen-bond acceptors (Lipinski definition) is 4. The van der Waals surface area contributed by atoms with Crippen LogP contribution in [-0.2, 0) is 6.54 Å². The molecule has 0 fully saturated rings. The van der Waals surface area contributed by atoms with Gasteiger partial charge in [0, 0.05) is 19.2 Å². The first-order valence-electron chi connectivity index (χ1n) is 8.73. The third-order valence-corrected chi connectivity index (χ3v) is 3.90. The Kier molecular flexibility index (Phi) is 10.6. The van der Waals surface area contributed by atoms with E-state index < -0.39 is 6.10 Å². The van der Waals surface area contributed by atoms with Crippen molar-refractivity contribution in [2.75, 3.05) is 27.3 Å². The maximum atomic E-state index is 13.0. The van der Waals surface area contributed by atoms with Crippen molar-refractivity contribution in [1.82, 2.24) is 10.6 Å². The molecule has 154 valence electrons. The highest BCUT2D eigenvalue weighted by molar-refractivity contribution is 14.0. The Morgan fingerprint density at radius 1 is 1.07 bits per heavy atom. The van der Waals surface area contributed by atoms with Gasteiger partial charge in [-0.25, -0.2) is 9.38 Å². The summed E-state index contributed by atoms with van der Waals surface area (Å²) in [4.78, 5) is 4.46. The molecule has 2 aromatic rings. The molecule has 3 N–H and O–H groups in total. The van der Waals surface area contributed by atoms with Crippen molar-refractivity contribution >= 4 is 29.9 Å². The van der Waals surface area contributed by atoms with Gasteiger partial charge in [-0.2, -0.15) is 0 Å². The Balaban J connectivity index is 0.00000392. The Labute approximate surface area is 182 Å². The lowest BCUT2D eigenvalue weighted by atomic mass is 10.1. The maximum absolute atomic E-state index is 13.0. The van der Waals surface area contributed by atoms with E-state index in [0.717, 1.165) is 5.56 Å². The van der Waals surface area contributed by atoms with Crippen LogP contribution in [-0.4, -0.2) is 38.4 Å². The number of methoxy groups -OCH3 is 2. The molecule has 1 atom stereocenters. The molecular weight excluding hydrogens is 476 g/mol. The molecule has 0 aromatic heterocycles. The molecule has 0 bridgehead atoms. The molecule has 0 aliphatic rings. The van der Waals surface area contributed by atoms with Crippen LogP contribution >= 0.6 is 24.0 Å². The molecular formula is C20H27FIN3O3. The molecule has 0 saturated heterocycles. The maximum Gasteiger partial charge on any atom is 0.191 e. The number of guanidine groups is 1. The number of aliphatic hydroxyl groups excluding tert-OH is 1. The quantitative estimate of drug-likeness (QED) is 0.293. The van der Waals surface area contributed by atoms with Crippen LogP contribution in [0.4, 0.5) is 4.39 Å². The minimum absolute atomic E-state index is 0. The number of aliphatic hydroxyl groups is 1. The average Bonchev–Trinajstić information content (AvgIpc) is 2.70. The Morgan fingerprint density at radius 2 is 1.68 bits per heavy atom. The first-order valence-corrected chi connectivity index (χ1v) is 8.73. The van der Waals surface area contributed by atoms with Gasteiger partial charge in [0.2, 0.25) is 0 Å². The van der Waals surface area contributed by atoms with Crippen LogP contribution in [0.2, 0.25) is 0 Å². The minimum atomic E-state index is -0.774. The summed E-state index contributed by atoms with van der Waals surface area (Å²) in [5.41, 5.74) is 1.57. The first kappa shape index (κ1) is 24.0. The summed E-state index contributed by atoms with van der Waals surface area (Å²) in [7, 11) is 3.13. The number of ether oxygens (including phenoxy) is 2. The van der Waals surface area contributed by atoms with Gasteiger partial charge in [0.05, 0.1) is 26.9 Å². The van der Waals surface area contributed by atoms with Gasteiger partial charge >= 0.3 is 0 Å². The van der Waals surface area contributed by atoms with Crippen molar-refractivity contribution in [2.24, 2.45) is 4.99 Å². The van der Waals surface area contributed by atoms with E-state index in [4.69, 9.17) is 9.47 Å². The average molecular weight is 503 g/mol. The topological polar surface area (TPSA) is 75.1 Å². The third-order valence-electron chi connectivity index (χ3n) is 3.90. The van der Waals surface area contributed by atoms with Crippen molar-refractivity contribution in [3.05, 3.63) is 59.4 Å². The zero-order valence-electron chi connectivity index (χ0n) is 16.2. The van der Waals surface area contributed by atoms with Crippen LogP contribution in [0.3, 0.4) is 0 Å². The van der Waals surface area contributed by atoms with Crippen LogP contribution in [0.1, 0.15) is 24.2 Å². The van der Waals surface area contributed by atoms with Crippen LogP contribution in [0.5, 0.6) is 11.5 Å². The minimum Gasteiger partial charge on any atom is -0.497 e. The molecule has 1 unspecified atom stereocenters. The number of nitrogens with zero attached hydrogens (tertiary/aromatic N) is 1. The molecule has 2 rings (SSSR count). The summed E-state index contributed by atoms with van der Waals surface area (Å²) in [5.74, 6) is 1.51. The SMILES string of the molecule is CCNC(=NCc1ccc(F)cc1)NCC(O)c1cc(OC)cc(OC)c1.I. The number of halogens is 2. The van der Waals surface area contributed by atoms with Crippen LogP contribution in [0, 0.1) is 5.82 Å². The van der Waals surface area contributed by atoms with E-state index in [2.05, 4.69) is 15.6 Å². The Hall–Kier alpha value is -2.07. The van der Waals surface area contributed by atoms with Gasteiger partial charge in [0.15, 0.2) is 5.96 Å². The summed E-state index contributed by atoms with van der Waals surface area (Å²) in [6, 6.07) is 11.5. The van der Waals surface area contributed by atoms with Crippen LogP contribution < -0.4 is 20.1 Å². The second kappa shape index (κ2) is 12.4. The number of hydrogen-bond donors (Lipinski definition) is 3. The van der Waals surface area contributed by atoms with Gasteiger partial charge in [-0.3, -0.25) is 0 Å². The summed E-state index contributed by atoms with van der Waals surface area (Å²) in [6.07, 6.45) is -0.774. The largest absolute Gasteiger partial charge is 0.497 e. The molecule has 0 radical (unpaired) electrons. The normalized spacial score (nSPS) is 12.0. The molecule has 0 aliphatic heterocycles. The highest BCUT2D eigenvalue weighted by Crippen LogP contribution is 2.26. The van der Waals surface area contributed by atoms with Crippen molar-refractivity contribution in [3.8, 4) is 11.5 Å². The van der Waals surface area contributed by atoms with E-state index in [9.17, 15) is 9.50 Å². The Morgan fingerprint density at radius 3 is 2.21 bits per heavy atom. The van der Waals surface area contributed by atoms with E-state index in [-0.39, 0.29) is 36.3 Å². The predicted molar refractivity (Wildman–Crippen MR) is 119 cm³/mol. The molecule has 8 heteroatoms. The number of aliphatic imine (C=N–C) groups is 1. The molecule has 0 aliphatic carbocycles. The fourth-order valence-corrected chi connectivity index (χ4v) is 2.43. The number of nitrogens with one attached hydrogen (secondary N) is 2. The van der Waals surface area contributed by atoms with E-state index in [0.29, 0.717) is 36.1 Å². The lowest BCUT2D eigenvalue weighted by Gasteiger charge is -2.17. The molecule has 0 heterocycles. The molecule has 28 heavy (non-hydrogen) atoms. The molecule has 0 amide bonds. The molecule has 0 spiro atoms. The van der Waals surface area contributed by atoms with E-state index >= 15 is 0 Å². The summed E-state index contributed by atoms with van der Waals surface area (Å²) >= 11 is 0. The van der Waals surface area contributed by atoms with Crippen molar-refractivity contribution in [1.29, 1.82) is 0 Å². The first-order chi connectivity index (χ1) is 13.0. The van der Waals surface area contributed by atoms with Gasteiger partial charge in [0.25, 0.3) is 0 Å². The van der Waals surface area contributed by atoms with E-state index in [1.54, 1.807) is 44.6 Å². The van der Waals surface area contributed by atoms with Gasteiger partial charge in [-0.05, 0) is 42.3 Å². The fourth-order valence-electron chi connectivity index (χ4n) is 2.43. The zero-order valence-corrected chi connectivity index (χ0v) is 18.6. The van der Waals surface area contributed by atoms with Crippen LogP contribution in [0.25, 0.3) is 0 Å². The van der Waals surface area contributed by atoms with Crippen molar-refractivity contribution in [2.45, 2.75) is 19.6 Å². The molecule has 6 nitrogen and oxygen atoms in total. The van der Waals surface area contributed by atoms with Gasteiger partial charge in [-0.1, -0.05) is 12.1 Å². The lowest BCUT2D eigenvalue weighted by Crippen LogP contribution is -2.39. The summed E-state index contributed by atoms with van der Waals surface area (Å²) < 4.78 is 23.4. The smallest absolute Gasteiger partial charge is 0.191 e. The van der Waals surface area contributed by atoms with Crippen LogP contribution in [0.15, 0.2) is 47.5 Å². The number of rotatable bonds is 8.